The van der Waals surface area contributed by atoms with Gasteiger partial charge in [0, 0.05) is 37.4 Å². The van der Waals surface area contributed by atoms with Gasteiger partial charge in [-0.2, -0.15) is 5.10 Å². The van der Waals surface area contributed by atoms with Gasteiger partial charge in [-0.1, -0.05) is 0 Å². The Hall–Kier alpha value is -0.870. The second kappa shape index (κ2) is 5.88. The smallest absolute Gasteiger partial charge is 0.0537 e. The zero-order valence-corrected chi connectivity index (χ0v) is 10.2. The van der Waals surface area contributed by atoms with Crippen LogP contribution >= 0.6 is 0 Å². The lowest BCUT2D eigenvalue weighted by atomic mass is 10.2. The lowest BCUT2D eigenvalue weighted by Crippen LogP contribution is -2.28. The molecular weight excluding hydrogens is 188 g/mol. The van der Waals surface area contributed by atoms with Crippen molar-refractivity contribution in [3.63, 3.8) is 0 Å². The van der Waals surface area contributed by atoms with Crippen molar-refractivity contribution in [3.8, 4) is 0 Å². The summed E-state index contributed by atoms with van der Waals surface area (Å²) in [5.41, 5.74) is 1.26. The van der Waals surface area contributed by atoms with E-state index in [2.05, 4.69) is 49.5 Å². The maximum Gasteiger partial charge on any atom is 0.0537 e. The van der Waals surface area contributed by atoms with Gasteiger partial charge in [-0.25, -0.2) is 0 Å². The Kier molecular flexibility index (Phi) is 4.78. The molecule has 0 aromatic carbocycles. The number of hydrogen-bond donors (Lipinski definition) is 1. The van der Waals surface area contributed by atoms with Crippen molar-refractivity contribution in [3.05, 3.63) is 18.0 Å². The normalized spacial score (nSPS) is 13.4. The molecule has 15 heavy (non-hydrogen) atoms. The number of rotatable bonds is 6. The number of aromatic nitrogens is 2. The first-order chi connectivity index (χ1) is 7.13. The summed E-state index contributed by atoms with van der Waals surface area (Å²) in [5.74, 6) is 0. The van der Waals surface area contributed by atoms with E-state index < -0.39 is 0 Å². The topological polar surface area (TPSA) is 33.1 Å². The molecule has 86 valence electrons. The molecule has 1 aromatic heterocycles. The summed E-state index contributed by atoms with van der Waals surface area (Å²) < 4.78 is 1.96. The van der Waals surface area contributed by atoms with Crippen molar-refractivity contribution in [2.24, 2.45) is 0 Å². The molecule has 1 N–H and O–H groups in total. The van der Waals surface area contributed by atoms with E-state index in [4.69, 9.17) is 0 Å². The van der Waals surface area contributed by atoms with E-state index in [0.29, 0.717) is 6.04 Å². The van der Waals surface area contributed by atoms with Gasteiger partial charge in [0.15, 0.2) is 0 Å². The van der Waals surface area contributed by atoms with E-state index in [1.165, 1.54) is 5.56 Å². The lowest BCUT2D eigenvalue weighted by Gasteiger charge is -2.14. The lowest BCUT2D eigenvalue weighted by molar-refractivity contribution is 0.389. The summed E-state index contributed by atoms with van der Waals surface area (Å²) >= 11 is 0. The molecule has 1 aromatic rings. The fraction of sp³-hybridized carbons (Fsp3) is 0.727. The van der Waals surface area contributed by atoms with Crippen LogP contribution in [0.2, 0.25) is 0 Å². The third kappa shape index (κ3) is 4.01. The highest BCUT2D eigenvalue weighted by atomic mass is 15.3. The van der Waals surface area contributed by atoms with Crippen molar-refractivity contribution in [1.82, 2.24) is 20.0 Å². The molecule has 0 bridgehead atoms. The summed E-state index contributed by atoms with van der Waals surface area (Å²) in [7, 11) is 4.17. The third-order valence-electron chi connectivity index (χ3n) is 2.49. The van der Waals surface area contributed by atoms with Crippen LogP contribution in [0.25, 0.3) is 0 Å². The largest absolute Gasteiger partial charge is 0.309 e. The molecule has 0 aliphatic heterocycles. The highest BCUT2D eigenvalue weighted by Crippen LogP contribution is 2.10. The molecule has 4 nitrogen and oxygen atoms in total. The van der Waals surface area contributed by atoms with E-state index in [0.717, 1.165) is 19.6 Å². The molecule has 0 fully saturated rings. The van der Waals surface area contributed by atoms with Crippen LogP contribution in [0.1, 0.15) is 25.5 Å². The Morgan fingerprint density at radius 3 is 2.80 bits per heavy atom. The average Bonchev–Trinajstić information content (AvgIpc) is 2.65. The van der Waals surface area contributed by atoms with Gasteiger partial charge in [0.1, 0.15) is 0 Å². The maximum atomic E-state index is 4.27. The highest BCUT2D eigenvalue weighted by molar-refractivity contribution is 5.08. The first-order valence-electron chi connectivity index (χ1n) is 5.54. The van der Waals surface area contributed by atoms with Crippen molar-refractivity contribution in [2.75, 3.05) is 27.2 Å². The summed E-state index contributed by atoms with van der Waals surface area (Å²) in [6.45, 7) is 7.27. The molecule has 0 spiro atoms. The molecule has 0 radical (unpaired) electrons. The number of aryl methyl sites for hydroxylation is 1. The van der Waals surface area contributed by atoms with Crippen LogP contribution in [0.15, 0.2) is 12.4 Å². The number of hydrogen-bond acceptors (Lipinski definition) is 3. The predicted octanol–water partition coefficient (Wildman–Crippen LogP) is 1.12. The summed E-state index contributed by atoms with van der Waals surface area (Å²) in [4.78, 5) is 2.18. The zero-order chi connectivity index (χ0) is 11.3. The minimum atomic E-state index is 0.380. The molecule has 1 unspecified atom stereocenters. The SMILES string of the molecule is CCn1cc(C(C)NCCN(C)C)cn1. The Morgan fingerprint density at radius 2 is 2.27 bits per heavy atom. The van der Waals surface area contributed by atoms with Crippen molar-refractivity contribution >= 4 is 0 Å². The number of likely N-dealkylation sites (N-methyl/N-ethyl adjacent to an activating group) is 1. The third-order valence-corrected chi connectivity index (χ3v) is 2.49. The standard InChI is InChI=1S/C11H22N4/c1-5-15-9-11(8-13-15)10(2)12-6-7-14(3)4/h8-10,12H,5-7H2,1-4H3. The highest BCUT2D eigenvalue weighted by Gasteiger charge is 2.06. The van der Waals surface area contributed by atoms with Crippen molar-refractivity contribution < 1.29 is 0 Å². The number of nitrogens with one attached hydrogen (secondary N) is 1. The number of nitrogens with zero attached hydrogens (tertiary/aromatic N) is 3. The van der Waals surface area contributed by atoms with Gasteiger partial charge in [-0.3, -0.25) is 4.68 Å². The molecule has 1 heterocycles. The van der Waals surface area contributed by atoms with Gasteiger partial charge >= 0.3 is 0 Å². The maximum absolute atomic E-state index is 4.27. The Bertz CT molecular complexity index is 280. The van der Waals surface area contributed by atoms with Gasteiger partial charge in [0.2, 0.25) is 0 Å². The van der Waals surface area contributed by atoms with Gasteiger partial charge in [0.05, 0.1) is 6.20 Å². The van der Waals surface area contributed by atoms with Crippen LogP contribution in [0.5, 0.6) is 0 Å². The monoisotopic (exact) mass is 210 g/mol. The molecule has 1 rings (SSSR count). The van der Waals surface area contributed by atoms with Gasteiger partial charge in [-0.15, -0.1) is 0 Å². The van der Waals surface area contributed by atoms with E-state index >= 15 is 0 Å². The van der Waals surface area contributed by atoms with E-state index in [1.807, 2.05) is 10.9 Å². The minimum absolute atomic E-state index is 0.380. The molecule has 0 aliphatic rings. The molecule has 1 atom stereocenters. The Morgan fingerprint density at radius 1 is 1.53 bits per heavy atom. The van der Waals surface area contributed by atoms with Gasteiger partial charge in [-0.05, 0) is 27.9 Å². The molecule has 0 aliphatic carbocycles. The summed E-state index contributed by atoms with van der Waals surface area (Å²) in [5, 5.41) is 7.74. The quantitative estimate of drug-likeness (QED) is 0.763. The Labute approximate surface area is 92.3 Å². The first kappa shape index (κ1) is 12.2. The zero-order valence-electron chi connectivity index (χ0n) is 10.2. The van der Waals surface area contributed by atoms with E-state index in [9.17, 15) is 0 Å². The van der Waals surface area contributed by atoms with Gasteiger partial charge < -0.3 is 10.2 Å². The first-order valence-corrected chi connectivity index (χ1v) is 5.54. The van der Waals surface area contributed by atoms with Crippen molar-refractivity contribution in [2.45, 2.75) is 26.4 Å². The van der Waals surface area contributed by atoms with E-state index in [1.54, 1.807) is 0 Å². The van der Waals surface area contributed by atoms with Crippen LogP contribution < -0.4 is 5.32 Å². The van der Waals surface area contributed by atoms with Crippen LogP contribution in [0.4, 0.5) is 0 Å². The Balaban J connectivity index is 2.36. The van der Waals surface area contributed by atoms with Gasteiger partial charge in [0.25, 0.3) is 0 Å². The fourth-order valence-corrected chi connectivity index (χ4v) is 1.40. The molecular formula is C11H22N4. The second-order valence-corrected chi connectivity index (χ2v) is 4.11. The van der Waals surface area contributed by atoms with Crippen molar-refractivity contribution in [1.29, 1.82) is 0 Å². The van der Waals surface area contributed by atoms with Crippen LogP contribution in [-0.2, 0) is 6.54 Å². The summed E-state index contributed by atoms with van der Waals surface area (Å²) in [6, 6.07) is 0.380. The summed E-state index contributed by atoms with van der Waals surface area (Å²) in [6.07, 6.45) is 4.05. The van der Waals surface area contributed by atoms with Crippen LogP contribution in [0.3, 0.4) is 0 Å². The molecule has 0 saturated heterocycles. The molecule has 0 amide bonds. The molecule has 4 heteroatoms. The average molecular weight is 210 g/mol. The predicted molar refractivity (Wildman–Crippen MR) is 62.9 cm³/mol. The van der Waals surface area contributed by atoms with E-state index in [-0.39, 0.29) is 0 Å². The second-order valence-electron chi connectivity index (χ2n) is 4.11. The minimum Gasteiger partial charge on any atom is -0.309 e. The van der Waals surface area contributed by atoms with Crippen LogP contribution in [-0.4, -0.2) is 41.9 Å². The molecule has 0 saturated carbocycles. The van der Waals surface area contributed by atoms with Crippen LogP contribution in [0, 0.1) is 0 Å². The fourth-order valence-electron chi connectivity index (χ4n) is 1.40.